The van der Waals surface area contributed by atoms with Crippen LogP contribution in [0.2, 0.25) is 0 Å². The number of halogens is 1. The van der Waals surface area contributed by atoms with Crippen molar-refractivity contribution in [1.29, 1.82) is 0 Å². The third-order valence-corrected chi connectivity index (χ3v) is 6.78. The molecule has 8 heteroatoms. The molecule has 1 fully saturated rings. The van der Waals surface area contributed by atoms with Crippen molar-refractivity contribution in [1.82, 2.24) is 10.2 Å². The van der Waals surface area contributed by atoms with Gasteiger partial charge in [-0.05, 0) is 19.3 Å². The van der Waals surface area contributed by atoms with Crippen molar-refractivity contribution in [2.75, 3.05) is 39.5 Å². The maximum atomic E-state index is 12.1. The van der Waals surface area contributed by atoms with Crippen molar-refractivity contribution in [3.05, 3.63) is 0 Å². The van der Waals surface area contributed by atoms with E-state index in [1.165, 1.54) is 0 Å². The van der Waals surface area contributed by atoms with Crippen LogP contribution >= 0.6 is 24.0 Å². The van der Waals surface area contributed by atoms with E-state index in [2.05, 4.69) is 31.1 Å². The Morgan fingerprint density at radius 2 is 1.96 bits per heavy atom. The highest BCUT2D eigenvalue weighted by atomic mass is 127. The summed E-state index contributed by atoms with van der Waals surface area (Å²) in [6.07, 6.45) is 0.0470. The summed E-state index contributed by atoms with van der Waals surface area (Å²) < 4.78 is 29.0. The molecule has 1 rings (SSSR count). The lowest BCUT2D eigenvalue weighted by Gasteiger charge is -2.40. The molecule has 0 amide bonds. The van der Waals surface area contributed by atoms with Crippen LogP contribution in [0.3, 0.4) is 0 Å². The zero-order valence-corrected chi connectivity index (χ0v) is 18.5. The van der Waals surface area contributed by atoms with Crippen molar-refractivity contribution in [3.63, 3.8) is 0 Å². The molecule has 0 saturated carbocycles. The molecule has 0 aromatic carbocycles. The first-order chi connectivity index (χ1) is 9.94. The lowest BCUT2D eigenvalue weighted by molar-refractivity contribution is 0.0201. The number of methoxy groups -OCH3 is 1. The molecule has 1 saturated heterocycles. The van der Waals surface area contributed by atoms with Crippen LogP contribution in [-0.4, -0.2) is 69.7 Å². The Morgan fingerprint density at radius 3 is 2.35 bits per heavy atom. The molecule has 1 N–H and O–H groups in total. The minimum absolute atomic E-state index is 0. The average Bonchev–Trinajstić information content (AvgIpc) is 2.37. The molecule has 0 bridgehead atoms. The van der Waals surface area contributed by atoms with Crippen molar-refractivity contribution in [2.45, 2.75) is 45.5 Å². The minimum atomic E-state index is -3.04. The quantitative estimate of drug-likeness (QED) is 0.394. The van der Waals surface area contributed by atoms with E-state index in [1.807, 2.05) is 4.90 Å². The topological polar surface area (TPSA) is 71.0 Å². The van der Waals surface area contributed by atoms with Crippen molar-refractivity contribution in [2.24, 2.45) is 10.4 Å². The number of hydrogen-bond acceptors (Lipinski definition) is 4. The molecule has 0 aliphatic carbocycles. The highest BCUT2D eigenvalue weighted by Gasteiger charge is 2.41. The maximum Gasteiger partial charge on any atom is 0.193 e. The van der Waals surface area contributed by atoms with Crippen LogP contribution in [0.5, 0.6) is 0 Å². The van der Waals surface area contributed by atoms with Crippen LogP contribution in [0.25, 0.3) is 0 Å². The molecule has 6 nitrogen and oxygen atoms in total. The van der Waals surface area contributed by atoms with Crippen LogP contribution in [-0.2, 0) is 14.6 Å². The van der Waals surface area contributed by atoms with Crippen molar-refractivity contribution < 1.29 is 13.2 Å². The highest BCUT2D eigenvalue weighted by Crippen LogP contribution is 2.24. The molecule has 0 radical (unpaired) electrons. The third kappa shape index (κ3) is 5.74. The Hall–Kier alpha value is -0.0900. The number of sulfone groups is 1. The van der Waals surface area contributed by atoms with Gasteiger partial charge in [0.05, 0.1) is 16.6 Å². The maximum absolute atomic E-state index is 12.1. The Morgan fingerprint density at radius 1 is 1.39 bits per heavy atom. The van der Waals surface area contributed by atoms with Gasteiger partial charge < -0.3 is 15.0 Å². The van der Waals surface area contributed by atoms with Crippen LogP contribution in [0.1, 0.15) is 34.6 Å². The molecule has 0 aromatic rings. The predicted molar refractivity (Wildman–Crippen MR) is 106 cm³/mol. The number of hydrogen-bond donors (Lipinski definition) is 1. The van der Waals surface area contributed by atoms with Gasteiger partial charge >= 0.3 is 0 Å². The predicted octanol–water partition coefficient (Wildman–Crippen LogP) is 1.75. The molecule has 0 spiro atoms. The Bertz CT molecular complexity index is 513. The number of guanidine groups is 1. The molecule has 1 atom stereocenters. The van der Waals surface area contributed by atoms with Gasteiger partial charge in [-0.15, -0.1) is 24.0 Å². The van der Waals surface area contributed by atoms with Crippen molar-refractivity contribution >= 4 is 39.8 Å². The van der Waals surface area contributed by atoms with Gasteiger partial charge in [0, 0.05) is 33.8 Å². The summed E-state index contributed by atoms with van der Waals surface area (Å²) in [7, 11) is 0.381. The summed E-state index contributed by atoms with van der Waals surface area (Å²) in [5.41, 5.74) is 0.0190. The molecule has 1 heterocycles. The van der Waals surface area contributed by atoms with Gasteiger partial charge in [-0.3, -0.25) is 4.99 Å². The van der Waals surface area contributed by atoms with Gasteiger partial charge in [-0.2, -0.15) is 0 Å². The summed E-state index contributed by atoms with van der Waals surface area (Å²) in [6, 6.07) is 0. The lowest BCUT2D eigenvalue weighted by Crippen LogP contribution is -2.58. The first-order valence-electron chi connectivity index (χ1n) is 7.65. The van der Waals surface area contributed by atoms with Gasteiger partial charge in [0.2, 0.25) is 0 Å². The number of aliphatic imine (C=N–C) groups is 1. The van der Waals surface area contributed by atoms with E-state index in [9.17, 15) is 8.42 Å². The third-order valence-electron chi connectivity index (χ3n) is 4.25. The molecule has 1 aliphatic heterocycles. The van der Waals surface area contributed by atoms with E-state index in [0.717, 1.165) is 5.96 Å². The fourth-order valence-electron chi connectivity index (χ4n) is 2.58. The second-order valence-corrected chi connectivity index (χ2v) is 10.3. The monoisotopic (exact) mass is 461 g/mol. The summed E-state index contributed by atoms with van der Waals surface area (Å²) in [6.45, 7) is 11.5. The van der Waals surface area contributed by atoms with E-state index in [-0.39, 0.29) is 41.2 Å². The first-order valence-corrected chi connectivity index (χ1v) is 9.30. The SMILES string of the molecule is CN=C(NCC(OC)C(C)(C)C)N1CCS(=O)(=O)C(C)(C)C1.I. The van der Waals surface area contributed by atoms with E-state index < -0.39 is 14.6 Å². The Kier molecular flexibility index (Phi) is 8.30. The average molecular weight is 461 g/mol. The van der Waals surface area contributed by atoms with Gasteiger partial charge in [0.15, 0.2) is 15.8 Å². The van der Waals surface area contributed by atoms with E-state index in [0.29, 0.717) is 19.6 Å². The molecule has 1 unspecified atom stereocenters. The number of rotatable bonds is 3. The summed E-state index contributed by atoms with van der Waals surface area (Å²) in [5, 5.41) is 3.32. The molecule has 1 aliphatic rings. The highest BCUT2D eigenvalue weighted by molar-refractivity contribution is 14.0. The van der Waals surface area contributed by atoms with Crippen LogP contribution < -0.4 is 5.32 Å². The van der Waals surface area contributed by atoms with E-state index >= 15 is 0 Å². The fraction of sp³-hybridized carbons (Fsp3) is 0.933. The summed E-state index contributed by atoms with van der Waals surface area (Å²) in [4.78, 5) is 6.30. The normalized spacial score (nSPS) is 22.2. The van der Waals surface area contributed by atoms with Crippen LogP contribution in [0.4, 0.5) is 0 Å². The van der Waals surface area contributed by atoms with Crippen molar-refractivity contribution in [3.8, 4) is 0 Å². The van der Waals surface area contributed by atoms with Gasteiger partial charge in [0.25, 0.3) is 0 Å². The second kappa shape index (κ2) is 8.33. The number of nitrogens with zero attached hydrogens (tertiary/aromatic N) is 2. The van der Waals surface area contributed by atoms with E-state index in [4.69, 9.17) is 4.74 Å². The molecular formula is C15H32IN3O3S. The number of ether oxygens (including phenoxy) is 1. The molecular weight excluding hydrogens is 429 g/mol. The van der Waals surface area contributed by atoms with Gasteiger partial charge in [-0.1, -0.05) is 20.8 Å². The first kappa shape index (κ1) is 22.9. The molecule has 23 heavy (non-hydrogen) atoms. The summed E-state index contributed by atoms with van der Waals surface area (Å²) in [5.74, 6) is 0.891. The lowest BCUT2D eigenvalue weighted by atomic mass is 9.89. The largest absolute Gasteiger partial charge is 0.379 e. The smallest absolute Gasteiger partial charge is 0.193 e. The second-order valence-electron chi connectivity index (χ2n) is 7.52. The molecule has 0 aromatic heterocycles. The van der Waals surface area contributed by atoms with Crippen LogP contribution in [0.15, 0.2) is 4.99 Å². The zero-order chi connectivity index (χ0) is 17.2. The molecule has 138 valence electrons. The number of nitrogens with one attached hydrogen (secondary N) is 1. The summed E-state index contributed by atoms with van der Waals surface area (Å²) >= 11 is 0. The zero-order valence-electron chi connectivity index (χ0n) is 15.3. The Balaban J connectivity index is 0.00000484. The minimum Gasteiger partial charge on any atom is -0.379 e. The standard InChI is InChI=1S/C15H31N3O3S.HI/c1-14(2,3)12(21-7)10-17-13(16-6)18-8-9-22(19,20)15(4,5)11-18;/h12H,8-11H2,1-7H3,(H,16,17);1H. The van der Waals surface area contributed by atoms with Gasteiger partial charge in [-0.25, -0.2) is 8.42 Å². The Labute approximate surface area is 158 Å². The van der Waals surface area contributed by atoms with Gasteiger partial charge in [0.1, 0.15) is 0 Å². The van der Waals surface area contributed by atoms with Crippen LogP contribution in [0, 0.1) is 5.41 Å². The van der Waals surface area contributed by atoms with E-state index in [1.54, 1.807) is 28.0 Å². The fourth-order valence-corrected chi connectivity index (χ4v) is 3.95.